The second-order valence-corrected chi connectivity index (χ2v) is 12.8. The van der Waals surface area contributed by atoms with Crippen molar-refractivity contribution in [1.29, 1.82) is 0 Å². The molecule has 2 saturated heterocycles. The summed E-state index contributed by atoms with van der Waals surface area (Å²) in [6.45, 7) is 15.7. The number of carbonyl (C=O) groups excluding carboxylic acids is 3. The van der Waals surface area contributed by atoms with Crippen LogP contribution in [0.15, 0.2) is 24.3 Å². The Hall–Kier alpha value is -2.19. The van der Waals surface area contributed by atoms with Gasteiger partial charge in [-0.05, 0) is 39.0 Å². The molecule has 1 spiro atoms. The second-order valence-electron chi connectivity index (χ2n) is 12.8. The minimum atomic E-state index is -1.27. The Labute approximate surface area is 215 Å². The molecule has 1 N–H and O–H groups in total. The van der Waals surface area contributed by atoms with Crippen LogP contribution in [0.25, 0.3) is 0 Å². The van der Waals surface area contributed by atoms with Gasteiger partial charge in [0.2, 0.25) is 17.7 Å². The maximum Gasteiger partial charge on any atom is 0.249 e. The van der Waals surface area contributed by atoms with Gasteiger partial charge < -0.3 is 24.5 Å². The second kappa shape index (κ2) is 8.98. The maximum absolute atomic E-state index is 14.4. The van der Waals surface area contributed by atoms with Gasteiger partial charge in [-0.3, -0.25) is 14.4 Å². The summed E-state index contributed by atoms with van der Waals surface area (Å²) in [7, 11) is 0. The Morgan fingerprint density at radius 2 is 1.64 bits per heavy atom. The van der Waals surface area contributed by atoms with Crippen LogP contribution < -0.4 is 0 Å². The number of rotatable bonds is 6. The van der Waals surface area contributed by atoms with E-state index in [2.05, 4.69) is 34.6 Å². The number of amides is 3. The lowest BCUT2D eigenvalue weighted by molar-refractivity contribution is -0.156. The minimum Gasteiger partial charge on any atom is -0.395 e. The fraction of sp³-hybridized carbons (Fsp3) is 0.750. The number of aliphatic hydroxyl groups is 1. The highest BCUT2D eigenvalue weighted by molar-refractivity contribution is 6.00. The first-order chi connectivity index (χ1) is 16.7. The van der Waals surface area contributed by atoms with E-state index in [1.807, 2.05) is 43.1 Å². The maximum atomic E-state index is 14.4. The van der Waals surface area contributed by atoms with E-state index in [1.54, 1.807) is 4.90 Å². The summed E-state index contributed by atoms with van der Waals surface area (Å²) in [6.07, 6.45) is 9.22. The van der Waals surface area contributed by atoms with Gasteiger partial charge in [0.05, 0.1) is 24.0 Å². The van der Waals surface area contributed by atoms with Gasteiger partial charge in [0.15, 0.2) is 0 Å². The number of ether oxygens (including phenoxy) is 1. The van der Waals surface area contributed by atoms with E-state index in [9.17, 15) is 19.5 Å². The average molecular weight is 502 g/mol. The third-order valence-electron chi connectivity index (χ3n) is 8.17. The van der Waals surface area contributed by atoms with E-state index in [1.165, 1.54) is 4.90 Å². The number of nitrogens with zero attached hydrogens (tertiary/aromatic N) is 3. The van der Waals surface area contributed by atoms with Crippen LogP contribution in [0.3, 0.4) is 0 Å². The van der Waals surface area contributed by atoms with E-state index in [0.717, 1.165) is 12.8 Å². The molecule has 200 valence electrons. The number of aliphatic hydroxyl groups excluding tert-OH is 1. The predicted octanol–water partition coefficient (Wildman–Crippen LogP) is 2.37. The number of β-amino-alcohol motifs (C(OH)–C–C–N with tert-alkyl or cyclic N) is 1. The molecular formula is C28H43N3O5. The standard InChI is InChI=1S/C28H43N3O5/c1-8-13-29-14-9-11-27(7)19(22(29)33)20-23(34)30(16-17-32)21-24(35)31(15-10-12-28(20,21)36-27)26(5,6)18-25(2,3)4/h9-12,19-21,32H,8,13-18H2,1-7H3/t19-,20-,21?,27+,28-/m0/s1. The highest BCUT2D eigenvalue weighted by Crippen LogP contribution is 2.57. The first kappa shape index (κ1) is 26.9. The predicted molar refractivity (Wildman–Crippen MR) is 137 cm³/mol. The first-order valence-corrected chi connectivity index (χ1v) is 13.3. The Morgan fingerprint density at radius 1 is 0.972 bits per heavy atom. The van der Waals surface area contributed by atoms with Crippen molar-refractivity contribution in [1.82, 2.24) is 14.7 Å². The molecule has 1 unspecified atom stereocenters. The molecule has 2 fully saturated rings. The van der Waals surface area contributed by atoms with E-state index in [4.69, 9.17) is 4.74 Å². The fourth-order valence-corrected chi connectivity index (χ4v) is 7.33. The Balaban J connectivity index is 1.83. The Morgan fingerprint density at radius 3 is 2.25 bits per heavy atom. The molecule has 4 aliphatic heterocycles. The molecule has 0 radical (unpaired) electrons. The zero-order valence-corrected chi connectivity index (χ0v) is 22.9. The molecule has 0 bridgehead atoms. The van der Waals surface area contributed by atoms with Crippen LogP contribution in [0, 0.1) is 17.3 Å². The van der Waals surface area contributed by atoms with Gasteiger partial charge in [0.1, 0.15) is 11.6 Å². The van der Waals surface area contributed by atoms with Gasteiger partial charge in [0.25, 0.3) is 0 Å². The molecular weight excluding hydrogens is 458 g/mol. The molecule has 0 aromatic heterocycles. The monoisotopic (exact) mass is 501 g/mol. The molecule has 0 saturated carbocycles. The van der Waals surface area contributed by atoms with Crippen molar-refractivity contribution in [3.63, 3.8) is 0 Å². The molecule has 0 aliphatic carbocycles. The highest BCUT2D eigenvalue weighted by Gasteiger charge is 2.74. The van der Waals surface area contributed by atoms with Gasteiger partial charge in [-0.2, -0.15) is 0 Å². The van der Waals surface area contributed by atoms with Crippen LogP contribution in [0.4, 0.5) is 0 Å². The lowest BCUT2D eigenvalue weighted by Crippen LogP contribution is -2.60. The number of hydrogen-bond donors (Lipinski definition) is 1. The van der Waals surface area contributed by atoms with Crippen molar-refractivity contribution in [2.75, 3.05) is 32.8 Å². The van der Waals surface area contributed by atoms with Gasteiger partial charge in [-0.15, -0.1) is 0 Å². The van der Waals surface area contributed by atoms with E-state index in [-0.39, 0.29) is 36.3 Å². The molecule has 0 aromatic carbocycles. The summed E-state index contributed by atoms with van der Waals surface area (Å²) >= 11 is 0. The van der Waals surface area contributed by atoms with E-state index < -0.39 is 34.6 Å². The van der Waals surface area contributed by atoms with E-state index >= 15 is 0 Å². The smallest absolute Gasteiger partial charge is 0.249 e. The summed E-state index contributed by atoms with van der Waals surface area (Å²) < 4.78 is 6.79. The number of carbonyl (C=O) groups is 3. The van der Waals surface area contributed by atoms with E-state index in [0.29, 0.717) is 19.6 Å². The van der Waals surface area contributed by atoms with Crippen molar-refractivity contribution >= 4 is 17.7 Å². The largest absolute Gasteiger partial charge is 0.395 e. The first-order valence-electron chi connectivity index (χ1n) is 13.3. The van der Waals surface area contributed by atoms with Crippen molar-refractivity contribution in [2.45, 2.75) is 84.1 Å². The Kier molecular flexibility index (Phi) is 6.70. The van der Waals surface area contributed by atoms with Crippen molar-refractivity contribution in [3.8, 4) is 0 Å². The van der Waals surface area contributed by atoms with Crippen LogP contribution in [-0.4, -0.2) is 93.1 Å². The lowest BCUT2D eigenvalue weighted by Gasteiger charge is -2.44. The third kappa shape index (κ3) is 4.10. The molecule has 36 heavy (non-hydrogen) atoms. The van der Waals surface area contributed by atoms with Crippen LogP contribution in [0.5, 0.6) is 0 Å². The molecule has 8 heteroatoms. The normalized spacial score (nSPS) is 34.6. The van der Waals surface area contributed by atoms with Gasteiger partial charge >= 0.3 is 0 Å². The van der Waals surface area contributed by atoms with Gasteiger partial charge in [-0.25, -0.2) is 0 Å². The molecule has 4 heterocycles. The highest BCUT2D eigenvalue weighted by atomic mass is 16.5. The number of likely N-dealkylation sites (tertiary alicyclic amines) is 1. The van der Waals surface area contributed by atoms with Crippen LogP contribution >= 0.6 is 0 Å². The summed E-state index contributed by atoms with van der Waals surface area (Å²) in [5.74, 6) is -2.18. The molecule has 5 atom stereocenters. The van der Waals surface area contributed by atoms with Crippen molar-refractivity contribution < 1.29 is 24.2 Å². The summed E-state index contributed by atoms with van der Waals surface area (Å²) in [6, 6.07) is -0.940. The quantitative estimate of drug-likeness (QED) is 0.565. The summed E-state index contributed by atoms with van der Waals surface area (Å²) in [5.41, 5.74) is -2.77. The molecule has 0 aromatic rings. The lowest BCUT2D eigenvalue weighted by atomic mass is 9.74. The summed E-state index contributed by atoms with van der Waals surface area (Å²) in [4.78, 5) is 47.4. The van der Waals surface area contributed by atoms with Crippen LogP contribution in [0.2, 0.25) is 0 Å². The number of fused-ring (bicyclic) bond motifs is 2. The fourth-order valence-electron chi connectivity index (χ4n) is 7.33. The minimum absolute atomic E-state index is 0.0131. The molecule has 3 amide bonds. The Bertz CT molecular complexity index is 982. The van der Waals surface area contributed by atoms with Gasteiger partial charge in [-0.1, -0.05) is 52.0 Å². The van der Waals surface area contributed by atoms with Crippen LogP contribution in [-0.2, 0) is 19.1 Å². The summed E-state index contributed by atoms with van der Waals surface area (Å²) in [5, 5.41) is 9.86. The van der Waals surface area contributed by atoms with Crippen molar-refractivity contribution in [2.24, 2.45) is 17.3 Å². The zero-order chi connectivity index (χ0) is 26.7. The topological polar surface area (TPSA) is 90.4 Å². The zero-order valence-electron chi connectivity index (χ0n) is 22.9. The van der Waals surface area contributed by atoms with Gasteiger partial charge in [0, 0.05) is 31.7 Å². The van der Waals surface area contributed by atoms with Crippen molar-refractivity contribution in [3.05, 3.63) is 24.3 Å². The third-order valence-corrected chi connectivity index (χ3v) is 8.17. The average Bonchev–Trinajstić information content (AvgIpc) is 3.00. The molecule has 8 nitrogen and oxygen atoms in total. The molecule has 4 aliphatic rings. The van der Waals surface area contributed by atoms with Crippen LogP contribution in [0.1, 0.15) is 61.3 Å². The molecule has 4 rings (SSSR count). The number of hydrogen-bond acceptors (Lipinski definition) is 5. The SMILES string of the molecule is CCCN1CC=C[C@@]2(C)O[C@]34C=CCN(C(C)(C)CC(C)(C)C)C(=O)C3N(CCO)C(=O)[C@@H]4[C@H]2C1=O.